The zero-order valence-corrected chi connectivity index (χ0v) is 10.6. The fourth-order valence-electron chi connectivity index (χ4n) is 2.28. The van der Waals surface area contributed by atoms with Crippen LogP contribution in [0.3, 0.4) is 0 Å². The Labute approximate surface area is 117 Å². The van der Waals surface area contributed by atoms with Gasteiger partial charge in [-0.15, -0.1) is 5.10 Å². The molecule has 0 amide bonds. The first-order valence-electron chi connectivity index (χ1n) is 6.15. The molecule has 3 N–H and O–H groups in total. The van der Waals surface area contributed by atoms with Crippen molar-refractivity contribution < 1.29 is 25.0 Å². The number of nitro groups is 1. The van der Waals surface area contributed by atoms with Crippen molar-refractivity contribution in [3.05, 3.63) is 34.3 Å². The highest BCUT2D eigenvalue weighted by molar-refractivity contribution is 5.58. The van der Waals surface area contributed by atoms with Gasteiger partial charge in [-0.2, -0.15) is 0 Å². The van der Waals surface area contributed by atoms with Crippen LogP contribution in [-0.2, 0) is 4.74 Å². The number of aliphatic hydroxyl groups excluding tert-OH is 3. The van der Waals surface area contributed by atoms with E-state index < -0.39 is 35.9 Å². The van der Waals surface area contributed by atoms with Crippen LogP contribution in [0.15, 0.2) is 18.3 Å². The van der Waals surface area contributed by atoms with Crippen LogP contribution in [0, 0.1) is 10.1 Å². The van der Waals surface area contributed by atoms with E-state index in [0.717, 1.165) is 0 Å². The average Bonchev–Trinajstić information content (AvgIpc) is 3.01. The molecule has 0 spiro atoms. The van der Waals surface area contributed by atoms with Gasteiger partial charge >= 0.3 is 5.69 Å². The molecule has 0 radical (unpaired) electrons. The summed E-state index contributed by atoms with van der Waals surface area (Å²) in [5.41, 5.74) is -0.224. The molecule has 3 heterocycles. The first-order chi connectivity index (χ1) is 10.0. The molecule has 4 unspecified atom stereocenters. The van der Waals surface area contributed by atoms with Gasteiger partial charge in [-0.1, -0.05) is 0 Å². The molecular weight excluding hydrogens is 284 g/mol. The van der Waals surface area contributed by atoms with E-state index in [1.165, 1.54) is 22.8 Å². The molecule has 1 saturated heterocycles. The van der Waals surface area contributed by atoms with Crippen LogP contribution in [0.2, 0.25) is 0 Å². The van der Waals surface area contributed by atoms with Crippen LogP contribution in [-0.4, -0.2) is 59.8 Å². The number of hydrogen-bond donors (Lipinski definition) is 3. The molecule has 2 aromatic rings. The van der Waals surface area contributed by atoms with Gasteiger partial charge in [-0.3, -0.25) is 10.1 Å². The SMILES string of the molecule is O=[N+]([O-])c1cccn2nc(C3OC(CO)C(O)C3O)nc12. The number of aromatic nitrogens is 3. The van der Waals surface area contributed by atoms with E-state index in [4.69, 9.17) is 9.84 Å². The first-order valence-corrected chi connectivity index (χ1v) is 6.15. The van der Waals surface area contributed by atoms with E-state index in [1.807, 2.05) is 0 Å². The third-order valence-electron chi connectivity index (χ3n) is 3.35. The van der Waals surface area contributed by atoms with Crippen LogP contribution in [0.5, 0.6) is 0 Å². The van der Waals surface area contributed by atoms with E-state index in [9.17, 15) is 20.3 Å². The monoisotopic (exact) mass is 296 g/mol. The van der Waals surface area contributed by atoms with Crippen LogP contribution < -0.4 is 0 Å². The molecule has 1 aliphatic rings. The predicted molar refractivity (Wildman–Crippen MR) is 66.4 cm³/mol. The normalized spacial score (nSPS) is 29.1. The van der Waals surface area contributed by atoms with Crippen molar-refractivity contribution in [3.8, 4) is 0 Å². The van der Waals surface area contributed by atoms with Crippen LogP contribution in [0.1, 0.15) is 11.9 Å². The Morgan fingerprint density at radius 1 is 1.43 bits per heavy atom. The largest absolute Gasteiger partial charge is 0.394 e. The Balaban J connectivity index is 2.02. The van der Waals surface area contributed by atoms with Gasteiger partial charge in [-0.25, -0.2) is 9.50 Å². The molecule has 0 aliphatic carbocycles. The van der Waals surface area contributed by atoms with Gasteiger partial charge in [-0.05, 0) is 6.07 Å². The highest BCUT2D eigenvalue weighted by Gasteiger charge is 2.45. The lowest BCUT2D eigenvalue weighted by molar-refractivity contribution is -0.383. The Morgan fingerprint density at radius 2 is 2.19 bits per heavy atom. The summed E-state index contributed by atoms with van der Waals surface area (Å²) in [4.78, 5) is 14.3. The van der Waals surface area contributed by atoms with Crippen LogP contribution in [0.4, 0.5) is 5.69 Å². The summed E-state index contributed by atoms with van der Waals surface area (Å²) in [7, 11) is 0. The number of ether oxygens (including phenoxy) is 1. The van der Waals surface area contributed by atoms with E-state index in [2.05, 4.69) is 10.1 Å². The molecule has 10 heteroatoms. The second kappa shape index (κ2) is 5.00. The Bertz CT molecular complexity index is 688. The summed E-state index contributed by atoms with van der Waals surface area (Å²) in [6.07, 6.45) is -3.14. The molecule has 1 aliphatic heterocycles. The smallest absolute Gasteiger partial charge is 0.313 e. The number of pyridine rings is 1. The molecule has 1 fully saturated rings. The standard InChI is InChI=1S/C11H12N4O6/c16-4-6-7(17)8(18)9(21-6)10-12-11-5(15(19)20)2-1-3-14(11)13-10/h1-3,6-9,16-18H,4H2. The molecule has 2 aromatic heterocycles. The second-order valence-electron chi connectivity index (χ2n) is 4.65. The molecule has 4 atom stereocenters. The first kappa shape index (κ1) is 13.8. The van der Waals surface area contributed by atoms with Crippen molar-refractivity contribution in [2.75, 3.05) is 6.61 Å². The molecule has 3 rings (SSSR count). The Kier molecular flexibility index (Phi) is 3.29. The van der Waals surface area contributed by atoms with E-state index in [1.54, 1.807) is 0 Å². The maximum Gasteiger partial charge on any atom is 0.313 e. The van der Waals surface area contributed by atoms with Crippen molar-refractivity contribution >= 4 is 11.3 Å². The molecule has 0 bridgehead atoms. The van der Waals surface area contributed by atoms with Gasteiger partial charge in [0.1, 0.15) is 24.4 Å². The molecule has 0 saturated carbocycles. The third kappa shape index (κ3) is 2.14. The summed E-state index contributed by atoms with van der Waals surface area (Å²) in [5, 5.41) is 43.6. The fourth-order valence-corrected chi connectivity index (χ4v) is 2.28. The fraction of sp³-hybridized carbons (Fsp3) is 0.455. The van der Waals surface area contributed by atoms with E-state index in [-0.39, 0.29) is 17.2 Å². The highest BCUT2D eigenvalue weighted by atomic mass is 16.6. The van der Waals surface area contributed by atoms with Crippen molar-refractivity contribution in [2.24, 2.45) is 0 Å². The van der Waals surface area contributed by atoms with E-state index >= 15 is 0 Å². The second-order valence-corrected chi connectivity index (χ2v) is 4.65. The molecule has 21 heavy (non-hydrogen) atoms. The van der Waals surface area contributed by atoms with Gasteiger partial charge in [0.15, 0.2) is 5.82 Å². The summed E-state index contributed by atoms with van der Waals surface area (Å²) >= 11 is 0. The van der Waals surface area contributed by atoms with Gasteiger partial charge < -0.3 is 20.1 Å². The van der Waals surface area contributed by atoms with Crippen molar-refractivity contribution in [1.82, 2.24) is 14.6 Å². The summed E-state index contributed by atoms with van der Waals surface area (Å²) in [5.74, 6) is 0.00630. The maximum atomic E-state index is 10.9. The lowest BCUT2D eigenvalue weighted by Gasteiger charge is -2.10. The summed E-state index contributed by atoms with van der Waals surface area (Å²) < 4.78 is 6.49. The minimum Gasteiger partial charge on any atom is -0.394 e. The summed E-state index contributed by atoms with van der Waals surface area (Å²) in [6, 6.07) is 2.73. The van der Waals surface area contributed by atoms with Crippen molar-refractivity contribution in [2.45, 2.75) is 24.4 Å². The number of hydrogen-bond acceptors (Lipinski definition) is 8. The zero-order valence-electron chi connectivity index (χ0n) is 10.6. The average molecular weight is 296 g/mol. The van der Waals surface area contributed by atoms with Gasteiger partial charge in [0.25, 0.3) is 0 Å². The quantitative estimate of drug-likeness (QED) is 0.473. The topological polar surface area (TPSA) is 143 Å². The molecular formula is C11H12N4O6. The van der Waals surface area contributed by atoms with Gasteiger partial charge in [0, 0.05) is 12.3 Å². The Morgan fingerprint density at radius 3 is 2.81 bits per heavy atom. The number of rotatable bonds is 3. The lowest BCUT2D eigenvalue weighted by atomic mass is 10.1. The number of nitrogens with zero attached hydrogens (tertiary/aromatic N) is 4. The van der Waals surface area contributed by atoms with E-state index in [0.29, 0.717) is 0 Å². The van der Waals surface area contributed by atoms with Crippen LogP contribution in [0.25, 0.3) is 5.65 Å². The maximum absolute atomic E-state index is 10.9. The molecule has 0 aromatic carbocycles. The number of fused-ring (bicyclic) bond motifs is 1. The summed E-state index contributed by atoms with van der Waals surface area (Å²) in [6.45, 7) is -0.470. The minimum absolute atomic E-state index is 0.00630. The predicted octanol–water partition coefficient (Wildman–Crippen LogP) is -1.21. The minimum atomic E-state index is -1.32. The zero-order chi connectivity index (χ0) is 15.1. The third-order valence-corrected chi connectivity index (χ3v) is 3.35. The van der Waals surface area contributed by atoms with Crippen LogP contribution >= 0.6 is 0 Å². The van der Waals surface area contributed by atoms with Crippen molar-refractivity contribution in [3.63, 3.8) is 0 Å². The lowest BCUT2D eigenvalue weighted by Crippen LogP contribution is -2.32. The van der Waals surface area contributed by atoms with Gasteiger partial charge in [0.05, 0.1) is 11.5 Å². The molecule has 112 valence electrons. The Hall–Kier alpha value is -2.14. The number of aliphatic hydroxyl groups is 3. The van der Waals surface area contributed by atoms with Gasteiger partial charge in [0.2, 0.25) is 5.65 Å². The highest BCUT2D eigenvalue weighted by Crippen LogP contribution is 2.32. The molecule has 10 nitrogen and oxygen atoms in total. The van der Waals surface area contributed by atoms with Crippen molar-refractivity contribution in [1.29, 1.82) is 0 Å².